The van der Waals surface area contributed by atoms with Gasteiger partial charge in [0, 0.05) is 0 Å². The Morgan fingerprint density at radius 1 is 0.592 bits per heavy atom. The first-order valence-electron chi connectivity index (χ1n) is 30.5. The molecule has 0 radical (unpaired) electrons. The van der Waals surface area contributed by atoms with Crippen molar-refractivity contribution < 1.29 is 22.1 Å². The van der Waals surface area contributed by atoms with Gasteiger partial charge in [-0.2, -0.15) is 0 Å². The molecule has 0 spiro atoms. The molecular formula is C61H124O5Si5. The van der Waals surface area contributed by atoms with Gasteiger partial charge >= 0.3 is 0 Å². The minimum atomic E-state index is -1.95. The fourth-order valence-corrected chi connectivity index (χ4v) is 25.8. The molecule has 3 aliphatic rings. The van der Waals surface area contributed by atoms with Gasteiger partial charge in [-0.25, -0.2) is 0 Å². The van der Waals surface area contributed by atoms with Crippen molar-refractivity contribution in [2.75, 3.05) is 0 Å². The highest BCUT2D eigenvalue weighted by Gasteiger charge is 2.53. The van der Waals surface area contributed by atoms with Crippen LogP contribution < -0.4 is 0 Å². The van der Waals surface area contributed by atoms with Crippen LogP contribution in [0.4, 0.5) is 0 Å². The Hall–Kier alpha value is 0.364. The van der Waals surface area contributed by atoms with E-state index in [0.717, 1.165) is 32.1 Å². The van der Waals surface area contributed by atoms with Crippen molar-refractivity contribution >= 4 is 41.6 Å². The van der Waals surface area contributed by atoms with Crippen LogP contribution in [-0.2, 0) is 22.1 Å². The van der Waals surface area contributed by atoms with Crippen molar-refractivity contribution in [1.82, 2.24) is 0 Å². The van der Waals surface area contributed by atoms with Gasteiger partial charge in [0.05, 0.1) is 29.5 Å². The van der Waals surface area contributed by atoms with Gasteiger partial charge in [-0.1, -0.05) is 147 Å². The van der Waals surface area contributed by atoms with Crippen molar-refractivity contribution in [1.29, 1.82) is 0 Å². The number of hydrogen-bond acceptors (Lipinski definition) is 5. The summed E-state index contributed by atoms with van der Waals surface area (Å²) in [4.78, 5) is 0. The summed E-state index contributed by atoms with van der Waals surface area (Å²) in [5.74, 6) is 2.04. The van der Waals surface area contributed by atoms with Gasteiger partial charge in [-0.3, -0.25) is 0 Å². The lowest BCUT2D eigenvalue weighted by molar-refractivity contribution is -0.0376. The van der Waals surface area contributed by atoms with E-state index in [-0.39, 0.29) is 39.6 Å². The summed E-state index contributed by atoms with van der Waals surface area (Å²) < 4.78 is 37.1. The summed E-state index contributed by atoms with van der Waals surface area (Å²) in [5, 5.41) is 0.368. The zero-order valence-electron chi connectivity index (χ0n) is 52.2. The Bertz CT molecular complexity index is 1600. The minimum absolute atomic E-state index is 0.0811. The maximum absolute atomic E-state index is 7.72. The van der Waals surface area contributed by atoms with E-state index in [2.05, 4.69) is 177 Å². The zero-order chi connectivity index (χ0) is 54.1. The molecule has 418 valence electrons. The molecule has 0 heterocycles. The van der Waals surface area contributed by atoms with Crippen LogP contribution in [0.2, 0.25) is 90.7 Å². The van der Waals surface area contributed by atoms with E-state index in [0.29, 0.717) is 23.2 Å². The third-order valence-electron chi connectivity index (χ3n) is 21.3. The molecule has 10 heteroatoms. The molecule has 0 aromatic rings. The van der Waals surface area contributed by atoms with Gasteiger partial charge in [0.1, 0.15) is 0 Å². The molecule has 71 heavy (non-hydrogen) atoms. The lowest BCUT2D eigenvalue weighted by atomic mass is 9.60. The van der Waals surface area contributed by atoms with Crippen LogP contribution in [-0.4, -0.2) is 71.1 Å². The van der Waals surface area contributed by atoms with Crippen LogP contribution in [0.1, 0.15) is 222 Å². The summed E-state index contributed by atoms with van der Waals surface area (Å²) in [7, 11) is -9.41. The molecule has 3 aliphatic carbocycles. The summed E-state index contributed by atoms with van der Waals surface area (Å²) in [6, 6.07) is 10.7. The number of allylic oxidation sites excluding steroid dienone is 3. The van der Waals surface area contributed by atoms with Crippen molar-refractivity contribution in [2.24, 2.45) is 23.2 Å². The first-order chi connectivity index (χ1) is 32.7. The van der Waals surface area contributed by atoms with E-state index < -0.39 is 41.6 Å². The summed E-state index contributed by atoms with van der Waals surface area (Å²) in [6.45, 7) is 58.0. The minimum Gasteiger partial charge on any atom is -0.414 e. The molecule has 3 saturated carbocycles. The van der Waals surface area contributed by atoms with Crippen LogP contribution >= 0.6 is 0 Å². The Labute approximate surface area is 449 Å². The third-order valence-corrected chi connectivity index (χ3v) is 44.7. The van der Waals surface area contributed by atoms with Gasteiger partial charge in [-0.05, 0) is 212 Å². The monoisotopic (exact) mass is 1080 g/mol. The summed E-state index contributed by atoms with van der Waals surface area (Å²) in [5.41, 5.74) is 3.21. The smallest absolute Gasteiger partial charge is 0.192 e. The van der Waals surface area contributed by atoms with Gasteiger partial charge < -0.3 is 22.1 Å². The molecule has 5 nitrogen and oxygen atoms in total. The average molecular weight is 1080 g/mol. The van der Waals surface area contributed by atoms with Crippen molar-refractivity contribution in [3.05, 3.63) is 23.3 Å². The largest absolute Gasteiger partial charge is 0.414 e. The molecule has 3 fully saturated rings. The van der Waals surface area contributed by atoms with Crippen molar-refractivity contribution in [3.8, 4) is 0 Å². The number of fused-ring (bicyclic) bond motifs is 1. The molecule has 0 bridgehead atoms. The van der Waals surface area contributed by atoms with Crippen LogP contribution in [0, 0.1) is 23.2 Å². The van der Waals surface area contributed by atoms with Crippen LogP contribution in [0.15, 0.2) is 23.3 Å². The van der Waals surface area contributed by atoms with E-state index in [4.69, 9.17) is 22.1 Å². The van der Waals surface area contributed by atoms with E-state index in [1.807, 2.05) is 0 Å². The highest BCUT2D eigenvalue weighted by molar-refractivity contribution is 6.75. The van der Waals surface area contributed by atoms with Gasteiger partial charge in [-0.15, -0.1) is 0 Å². The standard InChI is InChI=1S/C61H124O5Si5/c1-25-69(26-2,27-3)64-56(60(18,19)66-71(31-7,32-8)33-9)43-40-51(36-34-44-59(16,17)65-70(28-4,29-5)30-6)55-42-41-54-50(37-35-45-61(54,55)20)39-38-49-46-52(62-67(21,22)57(10,11)12)48-53(47-49)63-68(23,24)58(13,14)15/h38-39,51-56H,25-37,40-48H2,1-24H3/t51-,52-,53+,54+,55+,56+,61-/m0/s1. The number of rotatable bonds is 29. The van der Waals surface area contributed by atoms with Crippen molar-refractivity contribution in [3.63, 3.8) is 0 Å². The Morgan fingerprint density at radius 2 is 1.06 bits per heavy atom. The van der Waals surface area contributed by atoms with E-state index in [1.54, 1.807) is 11.1 Å². The highest BCUT2D eigenvalue weighted by Crippen LogP contribution is 2.61. The fourth-order valence-electron chi connectivity index (χ4n) is 13.7. The predicted molar refractivity (Wildman–Crippen MR) is 326 cm³/mol. The second kappa shape index (κ2) is 26.3. The predicted octanol–water partition coefficient (Wildman–Crippen LogP) is 20.6. The third kappa shape index (κ3) is 16.9. The van der Waals surface area contributed by atoms with E-state index >= 15 is 0 Å². The Balaban J connectivity index is 2.07. The van der Waals surface area contributed by atoms with Gasteiger partial charge in [0.25, 0.3) is 0 Å². The molecule has 0 aliphatic heterocycles. The maximum Gasteiger partial charge on any atom is 0.192 e. The first-order valence-corrected chi connectivity index (χ1v) is 43.9. The normalized spacial score (nSPS) is 25.8. The fraction of sp³-hybridized carbons (Fsp3) is 0.934. The second-order valence-electron chi connectivity index (χ2n) is 28.4. The molecule has 0 unspecified atom stereocenters. The molecule has 0 saturated heterocycles. The molecular weight excluding hydrogens is 953 g/mol. The second-order valence-corrected chi connectivity index (χ2v) is 52.1. The topological polar surface area (TPSA) is 46.2 Å². The summed E-state index contributed by atoms with van der Waals surface area (Å²) in [6.07, 6.45) is 21.5. The highest BCUT2D eigenvalue weighted by atomic mass is 28.4. The quantitative estimate of drug-likeness (QED) is 0.0699. The average Bonchev–Trinajstić information content (AvgIpc) is 3.65. The molecule has 0 N–H and O–H groups in total. The zero-order valence-corrected chi connectivity index (χ0v) is 57.2. The molecule has 3 rings (SSSR count). The summed E-state index contributed by atoms with van der Waals surface area (Å²) >= 11 is 0. The van der Waals surface area contributed by atoms with Gasteiger partial charge in [0.15, 0.2) is 41.6 Å². The van der Waals surface area contributed by atoms with Crippen molar-refractivity contribution in [2.45, 2.75) is 342 Å². The lowest BCUT2D eigenvalue weighted by Gasteiger charge is -2.48. The Kier molecular flexibility index (Phi) is 24.4. The Morgan fingerprint density at radius 3 is 1.51 bits per heavy atom. The van der Waals surface area contributed by atoms with Crippen LogP contribution in [0.25, 0.3) is 0 Å². The van der Waals surface area contributed by atoms with Crippen LogP contribution in [0.3, 0.4) is 0 Å². The van der Waals surface area contributed by atoms with E-state index in [1.165, 1.54) is 106 Å². The van der Waals surface area contributed by atoms with E-state index in [9.17, 15) is 0 Å². The molecule has 7 atom stereocenters. The van der Waals surface area contributed by atoms with Gasteiger partial charge in [0.2, 0.25) is 0 Å². The number of hydrogen-bond donors (Lipinski definition) is 0. The SMILES string of the molecule is CC[Si](CC)(CC)O[C@H](CC[C@H](CCCC(C)(C)O[Si](CC)(CC)CC)[C@H]1CC[C@@H]2C(=CC=C3C[C@@H](O[Si](C)(C)C(C)(C)C)C[C@@H](O[Si](C)(C)C(C)(C)C)C3)CCC[C@@]21C)C(C)(C)O[Si](CC)(CC)CC. The maximum atomic E-state index is 7.72. The molecule has 0 amide bonds. The molecule has 0 aromatic heterocycles. The lowest BCUT2D eigenvalue weighted by Crippen LogP contribution is -2.54. The molecule has 0 aromatic carbocycles. The first kappa shape index (κ1) is 65.6. The van der Waals surface area contributed by atoms with Crippen LogP contribution in [0.5, 0.6) is 0 Å².